The van der Waals surface area contributed by atoms with E-state index in [1.54, 1.807) is 24.3 Å². The van der Waals surface area contributed by atoms with E-state index in [1.807, 2.05) is 16.8 Å². The van der Waals surface area contributed by atoms with Crippen LogP contribution in [0.25, 0.3) is 0 Å². The molecule has 0 amide bonds. The van der Waals surface area contributed by atoms with E-state index in [-0.39, 0.29) is 5.69 Å². The molecule has 0 saturated carbocycles. The molecule has 0 aliphatic carbocycles. The molecule has 17 heavy (non-hydrogen) atoms. The first-order valence-corrected chi connectivity index (χ1v) is 5.98. The summed E-state index contributed by atoms with van der Waals surface area (Å²) in [6.45, 7) is 2.35. The second kappa shape index (κ2) is 4.92. The van der Waals surface area contributed by atoms with Crippen LogP contribution in [0.15, 0.2) is 29.0 Å². The molecule has 0 unspecified atom stereocenters. The van der Waals surface area contributed by atoms with Gasteiger partial charge < -0.3 is 5.32 Å². The normalized spacial score (nSPS) is 10.2. The standard InChI is InChI=1S/C11H11N3O2S/c1-8-2-3-10(14(15)16)11(13-8)12-6-9-4-5-17-7-9/h2-5,7H,6H2,1H3,(H,12,13). The lowest BCUT2D eigenvalue weighted by Crippen LogP contribution is -2.04. The van der Waals surface area contributed by atoms with Gasteiger partial charge in [0.25, 0.3) is 0 Å². The molecule has 88 valence electrons. The van der Waals surface area contributed by atoms with Gasteiger partial charge in [-0.2, -0.15) is 11.3 Å². The van der Waals surface area contributed by atoms with Gasteiger partial charge in [-0.3, -0.25) is 10.1 Å². The van der Waals surface area contributed by atoms with E-state index in [0.717, 1.165) is 11.3 Å². The molecule has 0 atom stereocenters. The zero-order valence-electron chi connectivity index (χ0n) is 9.21. The maximum absolute atomic E-state index is 10.8. The Balaban J connectivity index is 2.19. The van der Waals surface area contributed by atoms with Crippen LogP contribution in [0.4, 0.5) is 11.5 Å². The highest BCUT2D eigenvalue weighted by atomic mass is 32.1. The molecule has 0 spiro atoms. The largest absolute Gasteiger partial charge is 0.360 e. The highest BCUT2D eigenvalue weighted by molar-refractivity contribution is 7.07. The van der Waals surface area contributed by atoms with Crippen molar-refractivity contribution < 1.29 is 4.92 Å². The van der Waals surface area contributed by atoms with Gasteiger partial charge in [0.1, 0.15) is 0 Å². The van der Waals surface area contributed by atoms with Gasteiger partial charge in [-0.25, -0.2) is 4.98 Å². The minimum Gasteiger partial charge on any atom is -0.360 e. The van der Waals surface area contributed by atoms with Gasteiger partial charge in [-0.1, -0.05) is 0 Å². The van der Waals surface area contributed by atoms with E-state index in [2.05, 4.69) is 10.3 Å². The maximum Gasteiger partial charge on any atom is 0.311 e. The van der Waals surface area contributed by atoms with Crippen LogP contribution in [0, 0.1) is 17.0 Å². The van der Waals surface area contributed by atoms with Gasteiger partial charge in [-0.05, 0) is 35.4 Å². The third kappa shape index (κ3) is 2.79. The molecule has 0 fully saturated rings. The summed E-state index contributed by atoms with van der Waals surface area (Å²) in [5.74, 6) is 0.321. The third-order valence-corrected chi connectivity index (χ3v) is 2.98. The van der Waals surface area contributed by atoms with Crippen molar-refractivity contribution in [3.05, 3.63) is 50.3 Å². The first-order valence-electron chi connectivity index (χ1n) is 5.04. The number of hydrogen-bond acceptors (Lipinski definition) is 5. The fourth-order valence-corrected chi connectivity index (χ4v) is 2.07. The summed E-state index contributed by atoms with van der Waals surface area (Å²) in [5, 5.41) is 17.8. The Bertz CT molecular complexity index is 526. The van der Waals surface area contributed by atoms with Crippen LogP contribution >= 0.6 is 11.3 Å². The predicted molar refractivity (Wildman–Crippen MR) is 67.3 cm³/mol. The van der Waals surface area contributed by atoms with Crippen molar-refractivity contribution in [2.24, 2.45) is 0 Å². The Hall–Kier alpha value is -1.95. The molecule has 2 heterocycles. The van der Waals surface area contributed by atoms with Crippen LogP contribution in [0.2, 0.25) is 0 Å². The van der Waals surface area contributed by atoms with Gasteiger partial charge in [0, 0.05) is 18.3 Å². The molecule has 0 radical (unpaired) electrons. The minimum atomic E-state index is -0.428. The molecule has 0 saturated heterocycles. The zero-order valence-corrected chi connectivity index (χ0v) is 10.0. The van der Waals surface area contributed by atoms with Crippen LogP contribution in [0.3, 0.4) is 0 Å². The Labute approximate surface area is 102 Å². The van der Waals surface area contributed by atoms with E-state index < -0.39 is 4.92 Å². The number of thiophene rings is 1. The molecule has 0 aliphatic rings. The van der Waals surface area contributed by atoms with Gasteiger partial charge in [0.05, 0.1) is 4.92 Å². The number of nitrogens with zero attached hydrogens (tertiary/aromatic N) is 2. The fourth-order valence-electron chi connectivity index (χ4n) is 1.41. The maximum atomic E-state index is 10.8. The number of aromatic nitrogens is 1. The second-order valence-electron chi connectivity index (χ2n) is 3.56. The topological polar surface area (TPSA) is 68.1 Å². The molecule has 2 aromatic heterocycles. The minimum absolute atomic E-state index is 0.00540. The summed E-state index contributed by atoms with van der Waals surface area (Å²) in [5.41, 5.74) is 1.85. The molecule has 0 aromatic carbocycles. The summed E-state index contributed by atoms with van der Waals surface area (Å²) >= 11 is 1.59. The van der Waals surface area contributed by atoms with Crippen LogP contribution < -0.4 is 5.32 Å². The lowest BCUT2D eigenvalue weighted by atomic mass is 10.3. The molecular formula is C11H11N3O2S. The third-order valence-electron chi connectivity index (χ3n) is 2.25. The van der Waals surface area contributed by atoms with E-state index in [0.29, 0.717) is 12.4 Å². The Morgan fingerprint density at radius 3 is 2.94 bits per heavy atom. The lowest BCUT2D eigenvalue weighted by Gasteiger charge is -2.05. The summed E-state index contributed by atoms with van der Waals surface area (Å²) < 4.78 is 0. The van der Waals surface area contributed by atoms with Gasteiger partial charge in [0.2, 0.25) is 5.82 Å². The Kier molecular flexibility index (Phi) is 3.34. The monoisotopic (exact) mass is 249 g/mol. The molecule has 0 bridgehead atoms. The predicted octanol–water partition coefficient (Wildman–Crippen LogP) is 2.97. The number of aryl methyl sites for hydroxylation is 1. The molecule has 2 rings (SSSR count). The molecule has 1 N–H and O–H groups in total. The summed E-state index contributed by atoms with van der Waals surface area (Å²) in [6.07, 6.45) is 0. The molecular weight excluding hydrogens is 238 g/mol. The van der Waals surface area contributed by atoms with Crippen molar-refractivity contribution in [3.63, 3.8) is 0 Å². The number of nitrogens with one attached hydrogen (secondary N) is 1. The fraction of sp³-hybridized carbons (Fsp3) is 0.182. The second-order valence-corrected chi connectivity index (χ2v) is 4.34. The molecule has 5 nitrogen and oxygen atoms in total. The number of hydrogen-bond donors (Lipinski definition) is 1. The average Bonchev–Trinajstić information content (AvgIpc) is 2.78. The number of pyridine rings is 1. The Morgan fingerprint density at radius 1 is 1.47 bits per heavy atom. The summed E-state index contributed by atoms with van der Waals surface area (Å²) in [7, 11) is 0. The molecule has 6 heteroatoms. The summed E-state index contributed by atoms with van der Waals surface area (Å²) in [6, 6.07) is 5.07. The SMILES string of the molecule is Cc1ccc([N+](=O)[O-])c(NCc2ccsc2)n1. The number of anilines is 1. The zero-order chi connectivity index (χ0) is 12.3. The average molecular weight is 249 g/mol. The highest BCUT2D eigenvalue weighted by Crippen LogP contribution is 2.22. The van der Waals surface area contributed by atoms with Crippen molar-refractivity contribution in [2.45, 2.75) is 13.5 Å². The number of nitro groups is 1. The van der Waals surface area contributed by atoms with Crippen molar-refractivity contribution >= 4 is 22.8 Å². The molecule has 0 aliphatic heterocycles. The van der Waals surface area contributed by atoms with Crippen molar-refractivity contribution in [1.82, 2.24) is 4.98 Å². The van der Waals surface area contributed by atoms with Gasteiger partial charge >= 0.3 is 5.69 Å². The lowest BCUT2D eigenvalue weighted by molar-refractivity contribution is -0.384. The Morgan fingerprint density at radius 2 is 2.29 bits per heavy atom. The van der Waals surface area contributed by atoms with Crippen LogP contribution in [0.5, 0.6) is 0 Å². The van der Waals surface area contributed by atoms with E-state index in [9.17, 15) is 10.1 Å². The van der Waals surface area contributed by atoms with Crippen molar-refractivity contribution in [2.75, 3.05) is 5.32 Å². The smallest absolute Gasteiger partial charge is 0.311 e. The first-order chi connectivity index (χ1) is 8.16. The van der Waals surface area contributed by atoms with Gasteiger partial charge in [-0.15, -0.1) is 0 Å². The first kappa shape index (κ1) is 11.5. The van der Waals surface area contributed by atoms with Crippen LogP contribution in [0.1, 0.15) is 11.3 Å². The summed E-state index contributed by atoms with van der Waals surface area (Å²) in [4.78, 5) is 14.5. The van der Waals surface area contributed by atoms with E-state index in [4.69, 9.17) is 0 Å². The molecule has 2 aromatic rings. The quantitative estimate of drug-likeness (QED) is 0.668. The van der Waals surface area contributed by atoms with Crippen molar-refractivity contribution in [1.29, 1.82) is 0 Å². The van der Waals surface area contributed by atoms with Gasteiger partial charge in [0.15, 0.2) is 0 Å². The highest BCUT2D eigenvalue weighted by Gasteiger charge is 2.14. The van der Waals surface area contributed by atoms with Crippen molar-refractivity contribution in [3.8, 4) is 0 Å². The number of rotatable bonds is 4. The van der Waals surface area contributed by atoms with Crippen LogP contribution in [-0.2, 0) is 6.54 Å². The van der Waals surface area contributed by atoms with E-state index >= 15 is 0 Å². The van der Waals surface area contributed by atoms with E-state index in [1.165, 1.54) is 6.07 Å². The van der Waals surface area contributed by atoms with Crippen LogP contribution in [-0.4, -0.2) is 9.91 Å².